The number of hydrogen-bond donors (Lipinski definition) is 1. The average Bonchev–Trinajstić information content (AvgIpc) is 2.48. The molecule has 1 rings (SSSR count). The van der Waals surface area contributed by atoms with Gasteiger partial charge < -0.3 is 0 Å². The van der Waals surface area contributed by atoms with E-state index in [-0.39, 0.29) is 11.8 Å². The van der Waals surface area contributed by atoms with Crippen molar-refractivity contribution in [2.45, 2.75) is 45.4 Å². The summed E-state index contributed by atoms with van der Waals surface area (Å²) in [6.07, 6.45) is 1.65. The summed E-state index contributed by atoms with van der Waals surface area (Å²) in [5.74, 6) is 0.370. The molecule has 1 aromatic heterocycles. The van der Waals surface area contributed by atoms with Crippen molar-refractivity contribution in [1.82, 2.24) is 9.71 Å². The van der Waals surface area contributed by atoms with Crippen LogP contribution >= 0.6 is 11.3 Å². The van der Waals surface area contributed by atoms with Crippen LogP contribution in [0.1, 0.15) is 43.5 Å². The maximum absolute atomic E-state index is 11.7. The number of rotatable bonds is 5. The molecule has 0 amide bonds. The van der Waals surface area contributed by atoms with Gasteiger partial charge in [-0.3, -0.25) is 0 Å². The Kier molecular flexibility index (Phi) is 4.46. The molecule has 0 aliphatic carbocycles. The number of nitrogens with one attached hydrogen (secondary N) is 1. The first kappa shape index (κ1) is 13.6. The minimum atomic E-state index is -3.23. The van der Waals surface area contributed by atoms with Gasteiger partial charge in [-0.2, -0.15) is 0 Å². The molecule has 1 N–H and O–H groups in total. The molecule has 0 radical (unpaired) electrons. The highest BCUT2D eigenvalue weighted by atomic mass is 32.2. The lowest BCUT2D eigenvalue weighted by atomic mass is 10.2. The lowest BCUT2D eigenvalue weighted by Crippen LogP contribution is -2.31. The molecule has 0 fully saturated rings. The van der Waals surface area contributed by atoms with Gasteiger partial charge in [0.2, 0.25) is 10.0 Å². The molecule has 0 saturated heterocycles. The van der Waals surface area contributed by atoms with E-state index >= 15 is 0 Å². The summed E-state index contributed by atoms with van der Waals surface area (Å²) in [6, 6.07) is -0.0671. The third-order valence-corrected chi connectivity index (χ3v) is 4.82. The number of sulfonamides is 1. The Morgan fingerprint density at radius 1 is 1.38 bits per heavy atom. The second-order valence-electron chi connectivity index (χ2n) is 4.35. The minimum Gasteiger partial charge on any atom is -0.249 e. The third kappa shape index (κ3) is 4.19. The van der Waals surface area contributed by atoms with Crippen LogP contribution in [0.3, 0.4) is 0 Å². The zero-order chi connectivity index (χ0) is 12.3. The van der Waals surface area contributed by atoms with E-state index in [0.717, 1.165) is 9.88 Å². The van der Waals surface area contributed by atoms with Crippen LogP contribution in [0.25, 0.3) is 0 Å². The van der Waals surface area contributed by atoms with Gasteiger partial charge in [0, 0.05) is 23.0 Å². The Hall–Kier alpha value is -0.460. The van der Waals surface area contributed by atoms with Gasteiger partial charge in [-0.05, 0) is 13.8 Å². The van der Waals surface area contributed by atoms with Crippen LogP contribution in [-0.2, 0) is 15.8 Å². The highest BCUT2D eigenvalue weighted by Gasteiger charge is 2.15. The van der Waals surface area contributed by atoms with Crippen LogP contribution in [-0.4, -0.2) is 19.4 Å². The van der Waals surface area contributed by atoms with Crippen molar-refractivity contribution in [1.29, 1.82) is 0 Å². The van der Waals surface area contributed by atoms with Crippen LogP contribution in [0.5, 0.6) is 0 Å². The minimum absolute atomic E-state index is 0.0234. The van der Waals surface area contributed by atoms with Crippen molar-refractivity contribution >= 4 is 21.4 Å². The largest absolute Gasteiger partial charge is 0.249 e. The van der Waals surface area contributed by atoms with Gasteiger partial charge >= 0.3 is 0 Å². The van der Waals surface area contributed by atoms with Crippen LogP contribution in [0, 0.1) is 0 Å². The molecule has 6 heteroatoms. The van der Waals surface area contributed by atoms with Gasteiger partial charge in [0.05, 0.1) is 5.01 Å². The van der Waals surface area contributed by atoms with E-state index in [4.69, 9.17) is 0 Å². The molecule has 0 spiro atoms. The standard InChI is InChI=1S/C10H18N2O2S2/c1-7(2)10-11-5-9(15-10)6-16(13,14)12-8(3)4/h5,7-8,12H,6H2,1-4H3. The fourth-order valence-electron chi connectivity index (χ4n) is 1.24. The Balaban J connectivity index is 2.73. The summed E-state index contributed by atoms with van der Waals surface area (Å²) in [5, 5.41) is 0.981. The quantitative estimate of drug-likeness (QED) is 0.884. The SMILES string of the molecule is CC(C)NS(=O)(=O)Cc1cnc(C(C)C)s1. The van der Waals surface area contributed by atoms with Crippen molar-refractivity contribution in [3.8, 4) is 0 Å². The molecule has 0 bridgehead atoms. The number of aromatic nitrogens is 1. The van der Waals surface area contributed by atoms with E-state index in [1.165, 1.54) is 11.3 Å². The molecule has 92 valence electrons. The van der Waals surface area contributed by atoms with Gasteiger partial charge in [-0.1, -0.05) is 13.8 Å². The smallest absolute Gasteiger partial charge is 0.216 e. The van der Waals surface area contributed by atoms with E-state index in [0.29, 0.717) is 5.92 Å². The number of nitrogens with zero attached hydrogens (tertiary/aromatic N) is 1. The molecule has 0 aliphatic heterocycles. The maximum atomic E-state index is 11.7. The predicted octanol–water partition coefficient (Wildman–Crippen LogP) is 2.09. The first-order chi connectivity index (χ1) is 7.30. The molecule has 1 aromatic rings. The van der Waals surface area contributed by atoms with Crippen molar-refractivity contribution in [3.05, 3.63) is 16.1 Å². The van der Waals surface area contributed by atoms with Crippen molar-refractivity contribution in [2.75, 3.05) is 0 Å². The topological polar surface area (TPSA) is 59.1 Å². The first-order valence-electron chi connectivity index (χ1n) is 5.25. The molecule has 16 heavy (non-hydrogen) atoms. The van der Waals surface area contributed by atoms with Crippen molar-refractivity contribution in [3.63, 3.8) is 0 Å². The highest BCUT2D eigenvalue weighted by Crippen LogP contribution is 2.22. The Bertz CT molecular complexity index is 435. The maximum Gasteiger partial charge on any atom is 0.216 e. The molecular weight excluding hydrogens is 244 g/mol. The molecule has 4 nitrogen and oxygen atoms in total. The zero-order valence-corrected chi connectivity index (χ0v) is 11.7. The van der Waals surface area contributed by atoms with Crippen LogP contribution < -0.4 is 4.72 Å². The first-order valence-corrected chi connectivity index (χ1v) is 7.71. The summed E-state index contributed by atoms with van der Waals surface area (Å²) in [6.45, 7) is 7.71. The molecule has 0 saturated carbocycles. The van der Waals surface area contributed by atoms with Crippen molar-refractivity contribution < 1.29 is 8.42 Å². The summed E-state index contributed by atoms with van der Waals surface area (Å²) in [7, 11) is -3.23. The predicted molar refractivity (Wildman–Crippen MR) is 67.1 cm³/mol. The lowest BCUT2D eigenvalue weighted by Gasteiger charge is -2.07. The molecule has 0 aliphatic rings. The summed E-state index contributed by atoms with van der Waals surface area (Å²) < 4.78 is 25.9. The van der Waals surface area contributed by atoms with E-state index in [9.17, 15) is 8.42 Å². The van der Waals surface area contributed by atoms with E-state index in [2.05, 4.69) is 9.71 Å². The van der Waals surface area contributed by atoms with Gasteiger partial charge in [-0.15, -0.1) is 11.3 Å². The van der Waals surface area contributed by atoms with Crippen LogP contribution in [0.2, 0.25) is 0 Å². The number of hydrogen-bond acceptors (Lipinski definition) is 4. The Morgan fingerprint density at radius 2 is 2.00 bits per heavy atom. The number of thiazole rings is 1. The second-order valence-corrected chi connectivity index (χ2v) is 7.25. The lowest BCUT2D eigenvalue weighted by molar-refractivity contribution is 0.569. The van der Waals surface area contributed by atoms with Gasteiger partial charge in [0.1, 0.15) is 5.75 Å². The molecular formula is C10H18N2O2S2. The summed E-state index contributed by atoms with van der Waals surface area (Å²) in [5.41, 5.74) is 0. The zero-order valence-electron chi connectivity index (χ0n) is 10.0. The molecule has 0 atom stereocenters. The third-order valence-electron chi connectivity index (χ3n) is 1.81. The van der Waals surface area contributed by atoms with Gasteiger partial charge in [0.25, 0.3) is 0 Å². The molecule has 0 aromatic carbocycles. The van der Waals surface area contributed by atoms with Crippen LogP contribution in [0.15, 0.2) is 6.20 Å². The summed E-state index contributed by atoms with van der Waals surface area (Å²) in [4.78, 5) is 4.99. The fraction of sp³-hybridized carbons (Fsp3) is 0.700. The summed E-state index contributed by atoms with van der Waals surface area (Å²) >= 11 is 1.46. The van der Waals surface area contributed by atoms with E-state index in [1.54, 1.807) is 6.20 Å². The van der Waals surface area contributed by atoms with E-state index < -0.39 is 10.0 Å². The Morgan fingerprint density at radius 3 is 2.44 bits per heavy atom. The monoisotopic (exact) mass is 262 g/mol. The van der Waals surface area contributed by atoms with Crippen LogP contribution in [0.4, 0.5) is 0 Å². The highest BCUT2D eigenvalue weighted by molar-refractivity contribution is 7.88. The average molecular weight is 262 g/mol. The molecule has 0 unspecified atom stereocenters. The molecule has 1 heterocycles. The fourth-order valence-corrected chi connectivity index (χ4v) is 3.91. The second kappa shape index (κ2) is 5.25. The van der Waals surface area contributed by atoms with Crippen molar-refractivity contribution in [2.24, 2.45) is 0 Å². The normalized spacial score (nSPS) is 12.6. The van der Waals surface area contributed by atoms with Gasteiger partial charge in [0.15, 0.2) is 0 Å². The van der Waals surface area contributed by atoms with Gasteiger partial charge in [-0.25, -0.2) is 18.1 Å². The Labute approximate surface area is 101 Å². The van der Waals surface area contributed by atoms with E-state index in [1.807, 2.05) is 27.7 Å².